The van der Waals surface area contributed by atoms with E-state index in [-0.39, 0.29) is 30.6 Å². The van der Waals surface area contributed by atoms with Crippen molar-refractivity contribution in [2.24, 2.45) is 5.92 Å². The Kier molecular flexibility index (Phi) is 7.74. The van der Waals surface area contributed by atoms with Gasteiger partial charge < -0.3 is 15.2 Å². The average Bonchev–Trinajstić information content (AvgIpc) is 2.81. The fourth-order valence-corrected chi connectivity index (χ4v) is 4.12. The van der Waals surface area contributed by atoms with E-state index in [0.717, 1.165) is 5.56 Å². The van der Waals surface area contributed by atoms with Crippen LogP contribution in [-0.2, 0) is 27.4 Å². The zero-order valence-electron chi connectivity index (χ0n) is 18.3. The van der Waals surface area contributed by atoms with Gasteiger partial charge in [-0.15, -0.1) is 0 Å². The van der Waals surface area contributed by atoms with Gasteiger partial charge in [-0.1, -0.05) is 30.3 Å². The van der Waals surface area contributed by atoms with Crippen LogP contribution in [0.15, 0.2) is 48.5 Å². The normalized spacial score (nSPS) is 22.4. The molecule has 1 saturated heterocycles. The van der Waals surface area contributed by atoms with Gasteiger partial charge in [-0.2, -0.15) is 26.3 Å². The third kappa shape index (κ3) is 5.97. The maximum absolute atomic E-state index is 13.2. The van der Waals surface area contributed by atoms with Gasteiger partial charge in [0.2, 0.25) is 0 Å². The van der Waals surface area contributed by atoms with Gasteiger partial charge in [-0.3, -0.25) is 4.79 Å². The number of halogens is 6. The number of nitrogens with one attached hydrogen (secondary N) is 1. The molecule has 2 aromatic rings. The molecule has 1 heterocycles. The van der Waals surface area contributed by atoms with Crippen molar-refractivity contribution in [1.29, 1.82) is 0 Å². The second-order valence-corrected chi connectivity index (χ2v) is 8.48. The van der Waals surface area contributed by atoms with Gasteiger partial charge in [0, 0.05) is 12.5 Å². The molecule has 4 nitrogen and oxygen atoms in total. The van der Waals surface area contributed by atoms with E-state index >= 15 is 0 Å². The Morgan fingerprint density at radius 2 is 1.68 bits per heavy atom. The van der Waals surface area contributed by atoms with Gasteiger partial charge in [-0.05, 0) is 49.1 Å². The largest absolute Gasteiger partial charge is 0.416 e. The summed E-state index contributed by atoms with van der Waals surface area (Å²) in [6.07, 6.45) is -10.1. The van der Waals surface area contributed by atoms with E-state index in [1.807, 2.05) is 18.2 Å². The Balaban J connectivity index is 1.86. The Morgan fingerprint density at radius 3 is 2.15 bits per heavy atom. The minimum atomic E-state index is -4.94. The first kappa shape index (κ1) is 26.2. The summed E-state index contributed by atoms with van der Waals surface area (Å²) < 4.78 is 85.2. The van der Waals surface area contributed by atoms with Crippen molar-refractivity contribution in [2.45, 2.75) is 43.8 Å². The molecule has 1 aliphatic rings. The summed E-state index contributed by atoms with van der Waals surface area (Å²) in [5.74, 6) is -0.691. The molecule has 0 aliphatic carbocycles. The summed E-state index contributed by atoms with van der Waals surface area (Å²) in [7, 11) is 0. The summed E-state index contributed by atoms with van der Waals surface area (Å²) in [5.41, 5.74) is -3.01. The lowest BCUT2D eigenvalue weighted by Crippen LogP contribution is -2.53. The van der Waals surface area contributed by atoms with Crippen LogP contribution >= 0.6 is 0 Å². The van der Waals surface area contributed by atoms with Crippen LogP contribution in [0.3, 0.4) is 0 Å². The molecule has 0 spiro atoms. The fourth-order valence-electron chi connectivity index (χ4n) is 4.12. The quantitative estimate of drug-likeness (QED) is 0.521. The molecular weight excluding hydrogens is 464 g/mol. The number of carbonyl (C=O) groups is 1. The fraction of sp³-hybridized carbons (Fsp3) is 0.458. The zero-order valence-corrected chi connectivity index (χ0v) is 18.3. The molecule has 186 valence electrons. The van der Waals surface area contributed by atoms with Crippen LogP contribution in [0.2, 0.25) is 0 Å². The van der Waals surface area contributed by atoms with Crippen LogP contribution in [0, 0.1) is 5.92 Å². The highest BCUT2D eigenvalue weighted by molar-refractivity contribution is 5.82. The lowest BCUT2D eigenvalue weighted by Gasteiger charge is -2.42. The minimum Gasteiger partial charge on any atom is -0.389 e. The van der Waals surface area contributed by atoms with E-state index in [0.29, 0.717) is 25.0 Å². The zero-order chi connectivity index (χ0) is 25.1. The molecule has 2 aromatic carbocycles. The van der Waals surface area contributed by atoms with E-state index in [9.17, 15) is 31.1 Å². The van der Waals surface area contributed by atoms with Gasteiger partial charge in [0.15, 0.2) is 5.78 Å². The molecule has 0 saturated carbocycles. The number of hydrogen-bond donors (Lipinski definition) is 2. The average molecular weight is 489 g/mol. The molecule has 34 heavy (non-hydrogen) atoms. The summed E-state index contributed by atoms with van der Waals surface area (Å²) >= 11 is 0. The number of aliphatic hydroxyl groups excluding tert-OH is 1. The molecule has 1 unspecified atom stereocenters. The highest BCUT2D eigenvalue weighted by Crippen LogP contribution is 2.39. The number of rotatable bonds is 7. The third-order valence-electron chi connectivity index (χ3n) is 6.20. The predicted octanol–water partition coefficient (Wildman–Crippen LogP) is 5.26. The highest BCUT2D eigenvalue weighted by Gasteiger charge is 2.40. The summed E-state index contributed by atoms with van der Waals surface area (Å²) in [6, 6.07) is 10.5. The van der Waals surface area contributed by atoms with Gasteiger partial charge in [-0.25, -0.2) is 0 Å². The number of benzene rings is 2. The van der Waals surface area contributed by atoms with Crippen molar-refractivity contribution in [3.8, 4) is 0 Å². The number of hydrogen-bond acceptors (Lipinski definition) is 4. The van der Waals surface area contributed by atoms with Crippen LogP contribution in [-0.4, -0.2) is 30.6 Å². The van der Waals surface area contributed by atoms with Crippen LogP contribution in [0.4, 0.5) is 26.3 Å². The maximum atomic E-state index is 13.2. The van der Waals surface area contributed by atoms with Crippen LogP contribution < -0.4 is 5.32 Å². The number of alkyl halides is 6. The lowest BCUT2D eigenvalue weighted by atomic mass is 9.78. The van der Waals surface area contributed by atoms with Crippen molar-refractivity contribution < 1.29 is 41.0 Å². The van der Waals surface area contributed by atoms with Gasteiger partial charge in [0.1, 0.15) is 6.61 Å². The first-order valence-electron chi connectivity index (χ1n) is 10.7. The maximum Gasteiger partial charge on any atom is 0.416 e. The topological polar surface area (TPSA) is 58.6 Å². The number of aliphatic hydroxyl groups is 1. The summed E-state index contributed by atoms with van der Waals surface area (Å²) in [4.78, 5) is 11.9. The minimum absolute atomic E-state index is 0.0458. The Hall–Kier alpha value is -2.43. The second kappa shape index (κ2) is 10.1. The summed E-state index contributed by atoms with van der Waals surface area (Å²) in [5, 5.41) is 12.4. The van der Waals surface area contributed by atoms with Gasteiger partial charge in [0.05, 0.1) is 29.4 Å². The smallest absolute Gasteiger partial charge is 0.389 e. The van der Waals surface area contributed by atoms with Crippen molar-refractivity contribution in [2.75, 3.05) is 19.8 Å². The van der Waals surface area contributed by atoms with Gasteiger partial charge >= 0.3 is 12.4 Å². The molecule has 1 fully saturated rings. The predicted molar refractivity (Wildman–Crippen MR) is 112 cm³/mol. The van der Waals surface area contributed by atoms with E-state index in [1.54, 1.807) is 12.1 Å². The summed E-state index contributed by atoms with van der Waals surface area (Å²) in [6.45, 7) is 1.04. The van der Waals surface area contributed by atoms with E-state index in [1.165, 1.54) is 6.92 Å². The van der Waals surface area contributed by atoms with Crippen molar-refractivity contribution in [3.63, 3.8) is 0 Å². The molecule has 10 heteroatoms. The molecule has 0 aromatic heterocycles. The number of piperidine rings is 1. The number of ether oxygens (including phenoxy) is 1. The first-order valence-corrected chi connectivity index (χ1v) is 10.7. The number of Topliss-reactive ketones (excluding diaryl/α,β-unsaturated/α-hetero) is 1. The van der Waals surface area contributed by atoms with Crippen LogP contribution in [0.5, 0.6) is 0 Å². The molecule has 1 aliphatic heterocycles. The number of carbonyl (C=O) groups excluding carboxylic acids is 1. The molecular formula is C24H25F6NO3. The van der Waals surface area contributed by atoms with E-state index < -0.39 is 47.6 Å². The Bertz CT molecular complexity index is 950. The molecule has 3 rings (SSSR count). The lowest BCUT2D eigenvalue weighted by molar-refractivity contribution is -0.143. The number of ketones is 1. The van der Waals surface area contributed by atoms with Crippen LogP contribution in [0.25, 0.3) is 0 Å². The van der Waals surface area contributed by atoms with Gasteiger partial charge in [0.25, 0.3) is 0 Å². The third-order valence-corrected chi connectivity index (χ3v) is 6.20. The second-order valence-electron chi connectivity index (χ2n) is 8.48. The van der Waals surface area contributed by atoms with Crippen molar-refractivity contribution >= 4 is 5.78 Å². The molecule has 2 N–H and O–H groups in total. The van der Waals surface area contributed by atoms with Crippen LogP contribution in [0.1, 0.15) is 48.1 Å². The molecule has 3 atom stereocenters. The van der Waals surface area contributed by atoms with E-state index in [2.05, 4.69) is 5.32 Å². The SMILES string of the molecule is C[C@@H](OC[C@@]1(c2ccccc2)CCC(C(=O)CO)CN1)c1cc(C(F)(F)F)cc(C(F)(F)F)c1. The standard InChI is InChI=1S/C24H25F6NO3/c1-15(17-9-19(23(25,26)27)11-20(10-17)24(28,29)30)34-14-22(18-5-3-2-4-6-18)8-7-16(12-31-22)21(33)13-32/h2-6,9-11,15-16,31-32H,7-8,12-14H2,1H3/t15-,16?,22-/m1/s1. The molecule has 0 radical (unpaired) electrons. The Morgan fingerprint density at radius 1 is 1.09 bits per heavy atom. The first-order chi connectivity index (χ1) is 15.9. The van der Waals surface area contributed by atoms with Crippen molar-refractivity contribution in [3.05, 3.63) is 70.8 Å². The Labute approximate surface area is 192 Å². The molecule has 0 amide bonds. The highest BCUT2D eigenvalue weighted by atomic mass is 19.4. The molecule has 0 bridgehead atoms. The van der Waals surface area contributed by atoms with E-state index in [4.69, 9.17) is 9.84 Å². The monoisotopic (exact) mass is 489 g/mol. The van der Waals surface area contributed by atoms with Crippen molar-refractivity contribution in [1.82, 2.24) is 5.32 Å².